The monoisotopic (exact) mass is 335 g/mol. The summed E-state index contributed by atoms with van der Waals surface area (Å²) in [4.78, 5) is 20.2. The number of aromatic hydroxyl groups is 1. The predicted molar refractivity (Wildman–Crippen MR) is 87.2 cm³/mol. The Morgan fingerprint density at radius 3 is 2.35 bits per heavy atom. The van der Waals surface area contributed by atoms with Crippen molar-refractivity contribution < 1.29 is 14.8 Å². The molecule has 0 heterocycles. The topological polar surface area (TPSA) is 130 Å². The van der Waals surface area contributed by atoms with Crippen molar-refractivity contribution in [2.24, 2.45) is 5.73 Å². The standard InChI is InChI=1S/C8H8N2O3.C7H6ClNO/c1-5(9)6-3-2-4-7(8(6)11)10(12)13;8-6-3-1-2-5(4-6)7(9)10/h2-4,9,11H,1H3;1-4H,(H2,9,10). The maximum Gasteiger partial charge on any atom is 0.311 e. The lowest BCUT2D eigenvalue weighted by molar-refractivity contribution is -0.385. The lowest BCUT2D eigenvalue weighted by Crippen LogP contribution is -2.10. The fraction of sp³-hybridized carbons (Fsp3) is 0.0667. The van der Waals surface area contributed by atoms with E-state index in [1.807, 2.05) is 0 Å². The molecule has 0 bridgehead atoms. The van der Waals surface area contributed by atoms with Crippen molar-refractivity contribution in [3.8, 4) is 5.75 Å². The first kappa shape index (κ1) is 18.1. The van der Waals surface area contributed by atoms with Gasteiger partial charge in [-0.3, -0.25) is 14.9 Å². The molecule has 0 unspecified atom stereocenters. The molecule has 0 atom stereocenters. The highest BCUT2D eigenvalue weighted by atomic mass is 35.5. The van der Waals surface area contributed by atoms with Gasteiger partial charge < -0.3 is 16.2 Å². The summed E-state index contributed by atoms with van der Waals surface area (Å²) in [6.07, 6.45) is 0. The molecule has 0 saturated carbocycles. The Bertz CT molecular complexity index is 730. The summed E-state index contributed by atoms with van der Waals surface area (Å²) in [5.74, 6) is -0.900. The molecular weight excluding hydrogens is 322 g/mol. The molecule has 7 nitrogen and oxygen atoms in total. The van der Waals surface area contributed by atoms with Crippen molar-refractivity contribution in [1.82, 2.24) is 0 Å². The van der Waals surface area contributed by atoms with Crippen LogP contribution in [0.1, 0.15) is 22.8 Å². The molecule has 0 radical (unpaired) electrons. The molecule has 8 heteroatoms. The second-order valence-corrected chi connectivity index (χ2v) is 4.87. The Labute approximate surface area is 137 Å². The number of nitrogens with two attached hydrogens (primary N) is 1. The van der Waals surface area contributed by atoms with Crippen LogP contribution in [0.3, 0.4) is 0 Å². The summed E-state index contributed by atoms with van der Waals surface area (Å²) in [7, 11) is 0. The van der Waals surface area contributed by atoms with Gasteiger partial charge in [0.1, 0.15) is 0 Å². The Morgan fingerprint density at radius 2 is 1.91 bits per heavy atom. The number of rotatable bonds is 3. The van der Waals surface area contributed by atoms with E-state index in [0.29, 0.717) is 10.6 Å². The van der Waals surface area contributed by atoms with E-state index >= 15 is 0 Å². The molecular formula is C15H14ClN3O4. The third-order valence-electron chi connectivity index (χ3n) is 2.72. The number of carbonyl (C=O) groups excluding carboxylic acids is 1. The SMILES string of the molecule is CC(=N)c1cccc([N+](=O)[O-])c1O.NC(=O)c1cccc(Cl)c1. The Balaban J connectivity index is 0.000000238. The number of para-hydroxylation sites is 1. The number of hydrogen-bond acceptors (Lipinski definition) is 5. The summed E-state index contributed by atoms with van der Waals surface area (Å²) in [5, 5.41) is 27.5. The van der Waals surface area contributed by atoms with Crippen molar-refractivity contribution in [2.45, 2.75) is 6.92 Å². The second-order valence-electron chi connectivity index (χ2n) is 4.43. The van der Waals surface area contributed by atoms with E-state index in [1.165, 1.54) is 31.2 Å². The number of carbonyl (C=O) groups is 1. The largest absolute Gasteiger partial charge is 0.502 e. The van der Waals surface area contributed by atoms with E-state index in [9.17, 15) is 20.0 Å². The third kappa shape index (κ3) is 5.08. The predicted octanol–water partition coefficient (Wildman–Crippen LogP) is 3.13. The Kier molecular flexibility index (Phi) is 6.23. The van der Waals surface area contributed by atoms with Gasteiger partial charge in [0.25, 0.3) is 0 Å². The number of nitrogens with one attached hydrogen (secondary N) is 1. The molecule has 4 N–H and O–H groups in total. The van der Waals surface area contributed by atoms with E-state index < -0.39 is 16.6 Å². The molecule has 0 aliphatic heterocycles. The maximum absolute atomic E-state index is 10.5. The smallest absolute Gasteiger partial charge is 0.311 e. The number of phenolic OH excluding ortho intramolecular Hbond substituents is 1. The minimum Gasteiger partial charge on any atom is -0.502 e. The van der Waals surface area contributed by atoms with Crippen LogP contribution in [0.2, 0.25) is 5.02 Å². The molecule has 0 fully saturated rings. The number of amides is 1. The van der Waals surface area contributed by atoms with Crippen molar-refractivity contribution >= 4 is 28.9 Å². The van der Waals surface area contributed by atoms with E-state index in [1.54, 1.807) is 18.2 Å². The van der Waals surface area contributed by atoms with E-state index in [-0.39, 0.29) is 17.0 Å². The molecule has 0 saturated heterocycles. The van der Waals surface area contributed by atoms with Crippen molar-refractivity contribution in [2.75, 3.05) is 0 Å². The minimum atomic E-state index is -0.679. The zero-order valence-electron chi connectivity index (χ0n) is 12.1. The van der Waals surface area contributed by atoms with E-state index in [2.05, 4.69) is 0 Å². The van der Waals surface area contributed by atoms with Crippen LogP contribution in [-0.4, -0.2) is 21.6 Å². The van der Waals surface area contributed by atoms with Crippen LogP contribution in [0.5, 0.6) is 5.75 Å². The number of phenols is 1. The zero-order valence-corrected chi connectivity index (χ0v) is 12.9. The first-order valence-electron chi connectivity index (χ1n) is 6.31. The fourth-order valence-electron chi connectivity index (χ4n) is 1.62. The van der Waals surface area contributed by atoms with Crippen LogP contribution >= 0.6 is 11.6 Å². The van der Waals surface area contributed by atoms with Crippen molar-refractivity contribution in [3.05, 3.63) is 68.7 Å². The van der Waals surface area contributed by atoms with Crippen LogP contribution in [0.15, 0.2) is 42.5 Å². The molecule has 120 valence electrons. The van der Waals surface area contributed by atoms with Crippen LogP contribution < -0.4 is 5.73 Å². The second kappa shape index (κ2) is 7.90. The molecule has 0 aliphatic carbocycles. The van der Waals surface area contributed by atoms with Gasteiger partial charge in [0, 0.05) is 27.9 Å². The van der Waals surface area contributed by atoms with Gasteiger partial charge in [0.15, 0.2) is 0 Å². The molecule has 2 aromatic carbocycles. The van der Waals surface area contributed by atoms with Gasteiger partial charge >= 0.3 is 5.69 Å². The Hall–Kier alpha value is -2.93. The lowest BCUT2D eigenvalue weighted by atomic mass is 10.1. The number of nitro benzene ring substituents is 1. The van der Waals surface area contributed by atoms with Gasteiger partial charge in [0.05, 0.1) is 4.92 Å². The number of benzene rings is 2. The molecule has 1 amide bonds. The Morgan fingerprint density at radius 1 is 1.30 bits per heavy atom. The average molecular weight is 336 g/mol. The van der Waals surface area contributed by atoms with E-state index in [4.69, 9.17) is 22.7 Å². The van der Waals surface area contributed by atoms with Gasteiger partial charge in [0.2, 0.25) is 11.7 Å². The van der Waals surface area contributed by atoms with Crippen molar-refractivity contribution in [1.29, 1.82) is 5.41 Å². The van der Waals surface area contributed by atoms with Gasteiger partial charge in [-0.1, -0.05) is 23.7 Å². The van der Waals surface area contributed by atoms with Crippen LogP contribution in [0.25, 0.3) is 0 Å². The minimum absolute atomic E-state index is 0.0983. The average Bonchev–Trinajstić information content (AvgIpc) is 2.47. The van der Waals surface area contributed by atoms with Gasteiger partial charge in [-0.05, 0) is 31.2 Å². The summed E-state index contributed by atoms with van der Waals surface area (Å²) in [5.41, 5.74) is 5.34. The number of nitrogens with zero attached hydrogens (tertiary/aromatic N) is 1. The van der Waals surface area contributed by atoms with Crippen LogP contribution in [0.4, 0.5) is 5.69 Å². The highest BCUT2D eigenvalue weighted by Crippen LogP contribution is 2.29. The molecule has 0 aliphatic rings. The lowest BCUT2D eigenvalue weighted by Gasteiger charge is -2.01. The quantitative estimate of drug-likeness (QED) is 0.451. The van der Waals surface area contributed by atoms with Crippen LogP contribution in [0, 0.1) is 15.5 Å². The van der Waals surface area contributed by atoms with Crippen LogP contribution in [-0.2, 0) is 0 Å². The van der Waals surface area contributed by atoms with Gasteiger partial charge in [-0.2, -0.15) is 0 Å². The highest BCUT2D eigenvalue weighted by Gasteiger charge is 2.16. The number of primary amides is 1. The summed E-state index contributed by atoms with van der Waals surface area (Å²) < 4.78 is 0. The van der Waals surface area contributed by atoms with Crippen molar-refractivity contribution in [3.63, 3.8) is 0 Å². The number of hydrogen-bond donors (Lipinski definition) is 3. The summed E-state index contributed by atoms with van der Waals surface area (Å²) >= 11 is 5.58. The summed E-state index contributed by atoms with van der Waals surface area (Å²) in [6.45, 7) is 1.46. The number of nitro groups is 1. The molecule has 23 heavy (non-hydrogen) atoms. The maximum atomic E-state index is 10.5. The zero-order chi connectivity index (χ0) is 17.6. The summed E-state index contributed by atoms with van der Waals surface area (Å²) in [6, 6.07) is 10.6. The first-order chi connectivity index (χ1) is 10.7. The molecule has 0 spiro atoms. The normalized spacial score (nSPS) is 9.48. The van der Waals surface area contributed by atoms with E-state index in [0.717, 1.165) is 0 Å². The number of halogens is 1. The highest BCUT2D eigenvalue weighted by molar-refractivity contribution is 6.30. The molecule has 0 aromatic heterocycles. The first-order valence-corrected chi connectivity index (χ1v) is 6.69. The van der Waals surface area contributed by atoms with Gasteiger partial charge in [-0.15, -0.1) is 0 Å². The molecule has 2 aromatic rings. The molecule has 2 rings (SSSR count). The van der Waals surface area contributed by atoms with Gasteiger partial charge in [-0.25, -0.2) is 0 Å². The third-order valence-corrected chi connectivity index (χ3v) is 2.96. The fourth-order valence-corrected chi connectivity index (χ4v) is 1.81.